The topological polar surface area (TPSA) is 52.7 Å². The highest BCUT2D eigenvalue weighted by atomic mass is 19.4. The summed E-state index contributed by atoms with van der Waals surface area (Å²) in [6.07, 6.45) is 1.48. The van der Waals surface area contributed by atoms with Crippen molar-refractivity contribution in [3.05, 3.63) is 57.9 Å². The van der Waals surface area contributed by atoms with Gasteiger partial charge in [0.2, 0.25) is 0 Å². The third-order valence-electron chi connectivity index (χ3n) is 4.24. The summed E-state index contributed by atoms with van der Waals surface area (Å²) in [4.78, 5) is 16.9. The fourth-order valence-electron chi connectivity index (χ4n) is 3.05. The Morgan fingerprint density at radius 3 is 2.76 bits per heavy atom. The van der Waals surface area contributed by atoms with Crippen LogP contribution in [0, 0.1) is 0 Å². The van der Waals surface area contributed by atoms with Crippen LogP contribution in [0.25, 0.3) is 22.6 Å². The van der Waals surface area contributed by atoms with E-state index < -0.39 is 11.7 Å². The number of aromatic nitrogens is 4. The minimum atomic E-state index is -4.47. The van der Waals surface area contributed by atoms with Gasteiger partial charge in [0.25, 0.3) is 5.56 Å². The number of rotatable bonds is 1. The number of nitrogens with zero attached hydrogens (tertiary/aromatic N) is 4. The third kappa shape index (κ3) is 2.63. The highest BCUT2D eigenvalue weighted by molar-refractivity contribution is 5.84. The Bertz CT molecular complexity index is 1080. The zero-order valence-corrected chi connectivity index (χ0v) is 13.2. The van der Waals surface area contributed by atoms with Crippen molar-refractivity contribution in [1.82, 2.24) is 19.3 Å². The van der Waals surface area contributed by atoms with Crippen molar-refractivity contribution in [3.8, 4) is 0 Å². The van der Waals surface area contributed by atoms with Crippen molar-refractivity contribution >= 4 is 22.6 Å². The summed E-state index contributed by atoms with van der Waals surface area (Å²) in [7, 11) is 1.79. The van der Waals surface area contributed by atoms with Crippen LogP contribution in [0.15, 0.2) is 35.4 Å². The first kappa shape index (κ1) is 15.6. The molecule has 0 bridgehead atoms. The maximum absolute atomic E-state index is 12.9. The minimum Gasteiger partial charge on any atom is -0.292 e. The molecule has 4 rings (SSSR count). The molecular formula is C17H13F3N4O. The molecule has 0 atom stereocenters. The van der Waals surface area contributed by atoms with Gasteiger partial charge in [-0.2, -0.15) is 18.3 Å². The molecule has 0 radical (unpaired) electrons. The predicted molar refractivity (Wildman–Crippen MR) is 86.7 cm³/mol. The molecule has 0 saturated heterocycles. The average Bonchev–Trinajstić information content (AvgIpc) is 3.13. The zero-order valence-electron chi connectivity index (χ0n) is 13.2. The summed E-state index contributed by atoms with van der Waals surface area (Å²) in [5, 5.41) is 4.27. The van der Waals surface area contributed by atoms with Gasteiger partial charge < -0.3 is 0 Å². The van der Waals surface area contributed by atoms with Crippen LogP contribution in [0.3, 0.4) is 0 Å². The van der Waals surface area contributed by atoms with E-state index in [-0.39, 0.29) is 16.5 Å². The van der Waals surface area contributed by atoms with Crippen molar-refractivity contribution in [2.75, 3.05) is 0 Å². The molecule has 0 saturated carbocycles. The van der Waals surface area contributed by atoms with Gasteiger partial charge in [-0.05, 0) is 36.3 Å². The smallest absolute Gasteiger partial charge is 0.292 e. The molecule has 8 heteroatoms. The molecule has 1 aromatic carbocycles. The van der Waals surface area contributed by atoms with Gasteiger partial charge in [0, 0.05) is 25.4 Å². The second-order valence-electron chi connectivity index (χ2n) is 5.99. The molecule has 0 aliphatic carbocycles. The molecule has 0 amide bonds. The minimum absolute atomic E-state index is 0.0602. The van der Waals surface area contributed by atoms with Crippen LogP contribution in [0.5, 0.6) is 0 Å². The van der Waals surface area contributed by atoms with Crippen LogP contribution in [0.4, 0.5) is 13.2 Å². The number of aryl methyl sites for hydroxylation is 1. The molecule has 0 unspecified atom stereocenters. The third-order valence-corrected chi connectivity index (χ3v) is 4.24. The van der Waals surface area contributed by atoms with E-state index in [2.05, 4.69) is 10.1 Å². The van der Waals surface area contributed by atoms with E-state index >= 15 is 0 Å². The monoisotopic (exact) mass is 346 g/mol. The molecule has 128 valence electrons. The molecule has 0 spiro atoms. The van der Waals surface area contributed by atoms with Crippen LogP contribution < -0.4 is 5.56 Å². The van der Waals surface area contributed by atoms with E-state index in [0.717, 1.165) is 23.3 Å². The van der Waals surface area contributed by atoms with Crippen molar-refractivity contribution in [2.24, 2.45) is 7.05 Å². The first-order valence-corrected chi connectivity index (χ1v) is 7.64. The van der Waals surface area contributed by atoms with Gasteiger partial charge in [0.1, 0.15) is 5.82 Å². The van der Waals surface area contributed by atoms with Gasteiger partial charge in [-0.3, -0.25) is 14.0 Å². The second-order valence-corrected chi connectivity index (χ2v) is 5.99. The molecule has 5 nitrogen and oxygen atoms in total. The molecule has 1 aliphatic heterocycles. The van der Waals surface area contributed by atoms with Crippen LogP contribution in [-0.2, 0) is 19.8 Å². The van der Waals surface area contributed by atoms with E-state index in [1.54, 1.807) is 17.9 Å². The largest absolute Gasteiger partial charge is 0.416 e. The summed E-state index contributed by atoms with van der Waals surface area (Å²) in [5.74, 6) is 0.417. The summed E-state index contributed by atoms with van der Waals surface area (Å²) < 4.78 is 41.9. The van der Waals surface area contributed by atoms with Crippen molar-refractivity contribution in [2.45, 2.75) is 19.1 Å². The Hall–Kier alpha value is -2.90. The number of benzene rings is 1. The van der Waals surface area contributed by atoms with Gasteiger partial charge in [-0.15, -0.1) is 0 Å². The fraction of sp³-hybridized carbons (Fsp3) is 0.235. The number of hydrogen-bond donors (Lipinski definition) is 0. The first-order chi connectivity index (χ1) is 11.8. The predicted octanol–water partition coefficient (Wildman–Crippen LogP) is 3.09. The molecular weight excluding hydrogens is 333 g/mol. The van der Waals surface area contributed by atoms with Crippen LogP contribution in [-0.4, -0.2) is 19.3 Å². The molecule has 2 aromatic heterocycles. The Balaban J connectivity index is 1.90. The SMILES string of the molecule is Cn1cc(C=C2CCn3c2nc2cc(C(F)(F)F)ccc2c3=O)cn1. The van der Waals surface area contributed by atoms with Gasteiger partial charge in [-0.25, -0.2) is 4.98 Å². The number of alkyl halides is 3. The number of halogens is 3. The first-order valence-electron chi connectivity index (χ1n) is 7.64. The fourth-order valence-corrected chi connectivity index (χ4v) is 3.05. The van der Waals surface area contributed by atoms with Gasteiger partial charge in [0.05, 0.1) is 22.7 Å². The van der Waals surface area contributed by atoms with E-state index in [1.807, 2.05) is 12.3 Å². The van der Waals surface area contributed by atoms with Crippen molar-refractivity contribution in [1.29, 1.82) is 0 Å². The normalized spacial score (nSPS) is 15.9. The summed E-state index contributed by atoms with van der Waals surface area (Å²) in [5.41, 5.74) is 0.592. The van der Waals surface area contributed by atoms with E-state index in [0.29, 0.717) is 18.8 Å². The Morgan fingerprint density at radius 2 is 2.08 bits per heavy atom. The maximum Gasteiger partial charge on any atom is 0.416 e. The standard InChI is InChI=1S/C17H13F3N4O/c1-23-9-10(8-21-23)6-11-4-5-24-15(11)22-14-7-12(17(18,19)20)2-3-13(14)16(24)25/h2-3,6-9H,4-5H2,1H3. The lowest BCUT2D eigenvalue weighted by molar-refractivity contribution is -0.137. The van der Waals surface area contributed by atoms with Gasteiger partial charge in [-0.1, -0.05) is 0 Å². The second kappa shape index (κ2) is 5.30. The summed E-state index contributed by atoms with van der Waals surface area (Å²) >= 11 is 0. The highest BCUT2D eigenvalue weighted by Gasteiger charge is 2.31. The molecule has 1 aliphatic rings. The lowest BCUT2D eigenvalue weighted by Gasteiger charge is -2.09. The zero-order chi connectivity index (χ0) is 17.8. The van der Waals surface area contributed by atoms with E-state index in [1.165, 1.54) is 10.6 Å². The summed E-state index contributed by atoms with van der Waals surface area (Å²) in [6.45, 7) is 0.463. The lowest BCUT2D eigenvalue weighted by atomic mass is 10.1. The summed E-state index contributed by atoms with van der Waals surface area (Å²) in [6, 6.07) is 3.04. The quantitative estimate of drug-likeness (QED) is 0.680. The maximum atomic E-state index is 12.9. The Kier molecular flexibility index (Phi) is 3.31. The lowest BCUT2D eigenvalue weighted by Crippen LogP contribution is -2.21. The van der Waals surface area contributed by atoms with Crippen molar-refractivity contribution in [3.63, 3.8) is 0 Å². The Labute approximate surface area is 140 Å². The van der Waals surface area contributed by atoms with Gasteiger partial charge >= 0.3 is 6.18 Å². The van der Waals surface area contributed by atoms with Crippen LogP contribution >= 0.6 is 0 Å². The molecule has 0 N–H and O–H groups in total. The average molecular weight is 346 g/mol. The van der Waals surface area contributed by atoms with E-state index in [9.17, 15) is 18.0 Å². The molecule has 25 heavy (non-hydrogen) atoms. The number of fused-ring (bicyclic) bond motifs is 2. The van der Waals surface area contributed by atoms with Crippen molar-refractivity contribution < 1.29 is 13.2 Å². The number of allylic oxidation sites excluding steroid dienone is 1. The number of hydrogen-bond acceptors (Lipinski definition) is 3. The molecule has 3 heterocycles. The highest BCUT2D eigenvalue weighted by Crippen LogP contribution is 2.32. The van der Waals surface area contributed by atoms with Gasteiger partial charge in [0.15, 0.2) is 0 Å². The van der Waals surface area contributed by atoms with Crippen LogP contribution in [0.2, 0.25) is 0 Å². The van der Waals surface area contributed by atoms with Crippen LogP contribution in [0.1, 0.15) is 23.4 Å². The molecule has 3 aromatic rings. The Morgan fingerprint density at radius 1 is 1.28 bits per heavy atom. The molecule has 0 fully saturated rings. The van der Waals surface area contributed by atoms with E-state index in [4.69, 9.17) is 0 Å².